The zero-order valence-electron chi connectivity index (χ0n) is 14.5. The number of benzene rings is 1. The Bertz CT molecular complexity index is 987. The third-order valence-electron chi connectivity index (χ3n) is 4.02. The second-order valence-electron chi connectivity index (χ2n) is 6.00. The molecule has 0 aliphatic carbocycles. The number of halogens is 2. The molecule has 3 aromatic rings. The lowest BCUT2D eigenvalue weighted by Gasteiger charge is -2.22. The highest BCUT2D eigenvalue weighted by molar-refractivity contribution is 6.30. The molecule has 4 nitrogen and oxygen atoms in total. The van der Waals surface area contributed by atoms with E-state index in [9.17, 15) is 4.39 Å². The second-order valence-corrected chi connectivity index (χ2v) is 6.43. The lowest BCUT2D eigenvalue weighted by molar-refractivity contribution is 0.631. The Labute approximate surface area is 156 Å². The Morgan fingerprint density at radius 2 is 1.96 bits per heavy atom. The van der Waals surface area contributed by atoms with Gasteiger partial charge in [-0.15, -0.1) is 0 Å². The number of hydrogen-bond acceptors (Lipinski definition) is 4. The summed E-state index contributed by atoms with van der Waals surface area (Å²) in [4.78, 5) is 10.6. The van der Waals surface area contributed by atoms with Crippen LogP contribution in [0.5, 0.6) is 0 Å². The van der Waals surface area contributed by atoms with E-state index in [0.717, 1.165) is 16.8 Å². The Morgan fingerprint density at radius 3 is 2.65 bits per heavy atom. The molecule has 26 heavy (non-hydrogen) atoms. The predicted molar refractivity (Wildman–Crippen MR) is 106 cm³/mol. The van der Waals surface area contributed by atoms with Crippen molar-refractivity contribution in [2.24, 2.45) is 0 Å². The van der Waals surface area contributed by atoms with Gasteiger partial charge < -0.3 is 10.6 Å². The van der Waals surface area contributed by atoms with Gasteiger partial charge in [0.05, 0.1) is 11.4 Å². The lowest BCUT2D eigenvalue weighted by atomic mass is 10.0. The summed E-state index contributed by atoms with van der Waals surface area (Å²) in [6, 6.07) is 9.67. The maximum absolute atomic E-state index is 14.3. The van der Waals surface area contributed by atoms with E-state index in [-0.39, 0.29) is 5.82 Å². The SMILES string of the molecule is C=C(C)c1cnc(-c2cc(Cl)ccc2F)cc1N(C)c1cc(N)ccn1. The van der Waals surface area contributed by atoms with Gasteiger partial charge in [-0.2, -0.15) is 0 Å². The highest BCUT2D eigenvalue weighted by atomic mass is 35.5. The molecule has 132 valence electrons. The summed E-state index contributed by atoms with van der Waals surface area (Å²) in [5.74, 6) is 0.275. The van der Waals surface area contributed by atoms with Crippen LogP contribution < -0.4 is 10.6 Å². The van der Waals surface area contributed by atoms with Crippen LogP contribution in [0.2, 0.25) is 5.02 Å². The minimum Gasteiger partial charge on any atom is -0.399 e. The molecule has 0 aliphatic rings. The Hall–Kier alpha value is -2.92. The van der Waals surface area contributed by atoms with Crippen molar-refractivity contribution in [1.82, 2.24) is 9.97 Å². The van der Waals surface area contributed by atoms with Crippen molar-refractivity contribution in [2.75, 3.05) is 17.7 Å². The van der Waals surface area contributed by atoms with Gasteiger partial charge in [0.1, 0.15) is 11.6 Å². The van der Waals surface area contributed by atoms with E-state index >= 15 is 0 Å². The third-order valence-corrected chi connectivity index (χ3v) is 4.26. The van der Waals surface area contributed by atoms with Crippen LogP contribution in [-0.4, -0.2) is 17.0 Å². The van der Waals surface area contributed by atoms with Crippen molar-refractivity contribution >= 4 is 34.4 Å². The van der Waals surface area contributed by atoms with E-state index < -0.39 is 0 Å². The molecular formula is C20H18ClFN4. The van der Waals surface area contributed by atoms with Crippen LogP contribution >= 0.6 is 11.6 Å². The first-order valence-electron chi connectivity index (χ1n) is 7.93. The van der Waals surface area contributed by atoms with Gasteiger partial charge >= 0.3 is 0 Å². The second kappa shape index (κ2) is 7.14. The molecule has 0 unspecified atom stereocenters. The Balaban J connectivity index is 2.16. The molecular weight excluding hydrogens is 351 g/mol. The Morgan fingerprint density at radius 1 is 1.19 bits per heavy atom. The van der Waals surface area contributed by atoms with E-state index in [0.29, 0.717) is 27.8 Å². The van der Waals surface area contributed by atoms with Crippen LogP contribution in [0.25, 0.3) is 16.8 Å². The normalized spacial score (nSPS) is 10.6. The number of hydrogen-bond donors (Lipinski definition) is 1. The van der Waals surface area contributed by atoms with Gasteiger partial charge in [0.2, 0.25) is 0 Å². The number of nitrogen functional groups attached to an aromatic ring is 1. The smallest absolute Gasteiger partial charge is 0.134 e. The maximum atomic E-state index is 14.3. The molecule has 0 bridgehead atoms. The fraction of sp³-hybridized carbons (Fsp3) is 0.100. The summed E-state index contributed by atoms with van der Waals surface area (Å²) in [6.07, 6.45) is 3.32. The van der Waals surface area contributed by atoms with Gasteiger partial charge in [0.25, 0.3) is 0 Å². The van der Waals surface area contributed by atoms with Crippen LogP contribution in [0.4, 0.5) is 21.6 Å². The highest BCUT2D eigenvalue weighted by Crippen LogP contribution is 2.34. The van der Waals surface area contributed by atoms with Crippen LogP contribution in [-0.2, 0) is 0 Å². The zero-order valence-corrected chi connectivity index (χ0v) is 15.3. The number of aromatic nitrogens is 2. The van der Waals surface area contributed by atoms with Gasteiger partial charge in [0.15, 0.2) is 0 Å². The standard InChI is InChI=1S/C20H18ClFN4/c1-12(2)16-11-25-18(15-8-13(21)4-5-17(15)22)10-19(16)26(3)20-9-14(23)6-7-24-20/h4-11H,1H2,2-3H3,(H2,23,24). The summed E-state index contributed by atoms with van der Waals surface area (Å²) in [6.45, 7) is 5.90. The molecule has 0 saturated carbocycles. The van der Waals surface area contributed by atoms with E-state index in [4.69, 9.17) is 17.3 Å². The van der Waals surface area contributed by atoms with Gasteiger partial charge in [0, 0.05) is 47.3 Å². The summed E-state index contributed by atoms with van der Waals surface area (Å²) in [7, 11) is 1.86. The van der Waals surface area contributed by atoms with Crippen LogP contribution in [0.15, 0.2) is 55.4 Å². The molecule has 1 aromatic carbocycles. The molecule has 6 heteroatoms. The monoisotopic (exact) mass is 368 g/mol. The zero-order chi connectivity index (χ0) is 18.8. The molecule has 0 aliphatic heterocycles. The molecule has 2 heterocycles. The van der Waals surface area contributed by atoms with Crippen molar-refractivity contribution in [1.29, 1.82) is 0 Å². The van der Waals surface area contributed by atoms with Crippen molar-refractivity contribution in [3.8, 4) is 11.3 Å². The quantitative estimate of drug-likeness (QED) is 0.677. The summed E-state index contributed by atoms with van der Waals surface area (Å²) in [5, 5.41) is 0.444. The van der Waals surface area contributed by atoms with Crippen LogP contribution in [0.3, 0.4) is 0 Å². The molecule has 0 atom stereocenters. The molecule has 0 fully saturated rings. The van der Waals surface area contributed by atoms with Crippen molar-refractivity contribution in [3.05, 3.63) is 71.8 Å². The minimum absolute atomic E-state index is 0.334. The molecule has 2 aromatic heterocycles. The number of nitrogens with two attached hydrogens (primary N) is 1. The average molecular weight is 369 g/mol. The fourth-order valence-electron chi connectivity index (χ4n) is 2.63. The van der Waals surface area contributed by atoms with E-state index in [2.05, 4.69) is 16.5 Å². The third kappa shape index (κ3) is 3.53. The number of allylic oxidation sites excluding steroid dienone is 1. The van der Waals surface area contributed by atoms with Gasteiger partial charge in [-0.25, -0.2) is 9.37 Å². The first-order valence-corrected chi connectivity index (χ1v) is 8.31. The number of rotatable bonds is 4. The molecule has 0 amide bonds. The highest BCUT2D eigenvalue weighted by Gasteiger charge is 2.16. The van der Waals surface area contributed by atoms with Gasteiger partial charge in [-0.1, -0.05) is 18.2 Å². The van der Waals surface area contributed by atoms with E-state index in [1.54, 1.807) is 36.7 Å². The maximum Gasteiger partial charge on any atom is 0.134 e. The molecule has 2 N–H and O–H groups in total. The van der Waals surface area contributed by atoms with E-state index in [1.807, 2.05) is 18.9 Å². The largest absolute Gasteiger partial charge is 0.399 e. The van der Waals surface area contributed by atoms with Crippen LogP contribution in [0, 0.1) is 5.82 Å². The summed E-state index contributed by atoms with van der Waals surface area (Å²) in [5.41, 5.74) is 9.74. The number of pyridine rings is 2. The number of anilines is 3. The first kappa shape index (κ1) is 17.9. The number of nitrogens with zero attached hydrogens (tertiary/aromatic N) is 3. The van der Waals surface area contributed by atoms with Gasteiger partial charge in [-0.3, -0.25) is 4.98 Å². The molecule has 3 rings (SSSR count). The molecule has 0 saturated heterocycles. The van der Waals surface area contributed by atoms with E-state index in [1.165, 1.54) is 12.1 Å². The molecule has 0 radical (unpaired) electrons. The minimum atomic E-state index is -0.388. The predicted octanol–water partition coefficient (Wildman–Crippen LogP) is 5.32. The van der Waals surface area contributed by atoms with Crippen LogP contribution in [0.1, 0.15) is 12.5 Å². The fourth-order valence-corrected chi connectivity index (χ4v) is 2.81. The lowest BCUT2D eigenvalue weighted by Crippen LogP contribution is -2.14. The van der Waals surface area contributed by atoms with Crippen molar-refractivity contribution < 1.29 is 4.39 Å². The molecule has 0 spiro atoms. The van der Waals surface area contributed by atoms with Crippen molar-refractivity contribution in [2.45, 2.75) is 6.92 Å². The summed E-state index contributed by atoms with van der Waals surface area (Å²) >= 11 is 6.02. The first-order chi connectivity index (χ1) is 12.4. The van der Waals surface area contributed by atoms with Gasteiger partial charge in [-0.05, 0) is 42.8 Å². The summed E-state index contributed by atoms with van der Waals surface area (Å²) < 4.78 is 14.3. The topological polar surface area (TPSA) is 55.0 Å². The average Bonchev–Trinajstić information content (AvgIpc) is 2.62. The van der Waals surface area contributed by atoms with Crippen molar-refractivity contribution in [3.63, 3.8) is 0 Å². The Kier molecular flexibility index (Phi) is 4.91.